The van der Waals surface area contributed by atoms with Crippen molar-refractivity contribution in [2.24, 2.45) is 4.99 Å². The van der Waals surface area contributed by atoms with E-state index in [1.807, 2.05) is 61.7 Å². The summed E-state index contributed by atoms with van der Waals surface area (Å²) in [6, 6.07) is 22.1. The molecule has 3 aromatic rings. The molecular formula is C29H25Cl2N5O. The number of aryl methyl sites for hydroxylation is 1. The first-order valence-corrected chi connectivity index (χ1v) is 13.0. The fraction of sp³-hybridized carbons (Fsp3) is 0.207. The van der Waals surface area contributed by atoms with Crippen LogP contribution in [-0.4, -0.2) is 33.8 Å². The molecule has 0 bridgehead atoms. The van der Waals surface area contributed by atoms with Gasteiger partial charge in [-0.15, -0.1) is 0 Å². The van der Waals surface area contributed by atoms with Gasteiger partial charge in [0.2, 0.25) is 0 Å². The van der Waals surface area contributed by atoms with E-state index in [-0.39, 0.29) is 6.04 Å². The normalized spacial score (nSPS) is 14.9. The molecule has 1 fully saturated rings. The van der Waals surface area contributed by atoms with E-state index in [9.17, 15) is 0 Å². The maximum atomic E-state index is 6.45. The summed E-state index contributed by atoms with van der Waals surface area (Å²) in [5, 5.41) is 5.41. The molecule has 3 aliphatic rings. The van der Waals surface area contributed by atoms with Crippen molar-refractivity contribution in [3.63, 3.8) is 0 Å². The lowest BCUT2D eigenvalue weighted by Crippen LogP contribution is -2.23. The number of anilines is 2. The zero-order valence-corrected chi connectivity index (χ0v) is 21.8. The van der Waals surface area contributed by atoms with Gasteiger partial charge in [0.15, 0.2) is 0 Å². The first-order valence-electron chi connectivity index (χ1n) is 12.3. The summed E-state index contributed by atoms with van der Waals surface area (Å²) in [6.07, 6.45) is 3.63. The summed E-state index contributed by atoms with van der Waals surface area (Å²) in [5.74, 6) is 0. The smallest absolute Gasteiger partial charge is 0.0900 e. The average molecular weight is 530 g/mol. The van der Waals surface area contributed by atoms with Crippen LogP contribution in [0.15, 0.2) is 77.9 Å². The van der Waals surface area contributed by atoms with Gasteiger partial charge in [-0.05, 0) is 74.4 Å². The maximum absolute atomic E-state index is 6.45. The molecule has 6 rings (SSSR count). The Balaban J connectivity index is 1.62. The number of halogens is 2. The number of hydrogen-bond acceptors (Lipinski definition) is 5. The van der Waals surface area contributed by atoms with Gasteiger partial charge in [-0.2, -0.15) is 0 Å². The largest absolute Gasteiger partial charge is 0.381 e. The van der Waals surface area contributed by atoms with E-state index in [2.05, 4.69) is 33.1 Å². The number of nitrogens with zero attached hydrogens (tertiary/aromatic N) is 4. The van der Waals surface area contributed by atoms with Gasteiger partial charge in [0.25, 0.3) is 0 Å². The Morgan fingerprint density at radius 1 is 0.973 bits per heavy atom. The van der Waals surface area contributed by atoms with Crippen LogP contribution in [0.3, 0.4) is 0 Å². The predicted molar refractivity (Wildman–Crippen MR) is 149 cm³/mol. The van der Waals surface area contributed by atoms with E-state index in [0.717, 1.165) is 76.6 Å². The van der Waals surface area contributed by atoms with Gasteiger partial charge in [0.1, 0.15) is 0 Å². The lowest BCUT2D eigenvalue weighted by molar-refractivity contribution is 0.0864. The van der Waals surface area contributed by atoms with Crippen LogP contribution in [0.5, 0.6) is 0 Å². The molecule has 0 saturated carbocycles. The molecule has 0 atom stereocenters. The molecule has 0 spiro atoms. The van der Waals surface area contributed by atoms with Crippen molar-refractivity contribution < 1.29 is 4.74 Å². The number of pyridine rings is 1. The topological polar surface area (TPSA) is 64.3 Å². The second kappa shape index (κ2) is 10.1. The third kappa shape index (κ3) is 4.92. The number of hydrogen-bond donors (Lipinski definition) is 1. The van der Waals surface area contributed by atoms with Crippen LogP contribution in [0.1, 0.15) is 18.5 Å². The molecule has 0 amide bonds. The Bertz CT molecular complexity index is 1620. The zero-order chi connectivity index (χ0) is 25.4. The third-order valence-electron chi connectivity index (χ3n) is 6.56. The third-order valence-corrected chi connectivity index (χ3v) is 7.30. The molecule has 1 saturated heterocycles. The number of rotatable bonds is 4. The Kier molecular flexibility index (Phi) is 6.55. The number of para-hydroxylation sites is 2. The number of ether oxygens (including phenoxy) is 1. The Labute approximate surface area is 224 Å². The second-order valence-corrected chi connectivity index (χ2v) is 9.99. The van der Waals surface area contributed by atoms with Crippen LogP contribution >= 0.6 is 23.2 Å². The number of benzene rings is 3. The highest BCUT2D eigenvalue weighted by Crippen LogP contribution is 2.33. The minimum absolute atomic E-state index is 0.190. The van der Waals surface area contributed by atoms with Crippen LogP contribution in [0.2, 0.25) is 10.0 Å². The van der Waals surface area contributed by atoms with E-state index < -0.39 is 0 Å². The van der Waals surface area contributed by atoms with Crippen molar-refractivity contribution in [3.05, 3.63) is 94.0 Å². The summed E-state index contributed by atoms with van der Waals surface area (Å²) in [7, 11) is 0. The van der Waals surface area contributed by atoms with Crippen molar-refractivity contribution in [1.29, 1.82) is 0 Å². The van der Waals surface area contributed by atoms with Gasteiger partial charge in [0, 0.05) is 24.6 Å². The summed E-state index contributed by atoms with van der Waals surface area (Å²) >= 11 is 12.7. The van der Waals surface area contributed by atoms with Crippen LogP contribution < -0.4 is 10.7 Å². The van der Waals surface area contributed by atoms with Crippen LogP contribution in [0.4, 0.5) is 11.4 Å². The van der Waals surface area contributed by atoms with Gasteiger partial charge in [-0.1, -0.05) is 35.3 Å². The first kappa shape index (κ1) is 23.9. The molecule has 37 heavy (non-hydrogen) atoms. The minimum Gasteiger partial charge on any atom is -0.381 e. The molecular weight excluding hydrogens is 505 g/mol. The van der Waals surface area contributed by atoms with Crippen molar-refractivity contribution in [2.75, 3.05) is 18.5 Å². The molecule has 1 aromatic heterocycles. The quantitative estimate of drug-likeness (QED) is 0.255. The fourth-order valence-electron chi connectivity index (χ4n) is 4.66. The average Bonchev–Trinajstić information content (AvgIpc) is 2.91. The van der Waals surface area contributed by atoms with Gasteiger partial charge in [0.05, 0.1) is 61.4 Å². The molecule has 8 heteroatoms. The van der Waals surface area contributed by atoms with Crippen molar-refractivity contribution >= 4 is 45.6 Å². The van der Waals surface area contributed by atoms with E-state index in [1.165, 1.54) is 0 Å². The first-order chi connectivity index (χ1) is 18.0. The molecule has 6 nitrogen and oxygen atoms in total. The molecule has 2 aliphatic heterocycles. The highest BCUT2D eigenvalue weighted by atomic mass is 35.5. The molecule has 1 N–H and O–H groups in total. The predicted octanol–water partition coefficient (Wildman–Crippen LogP) is 6.96. The van der Waals surface area contributed by atoms with Gasteiger partial charge < -0.3 is 14.6 Å². The molecule has 2 aromatic carbocycles. The number of aromatic nitrogens is 3. The summed E-state index contributed by atoms with van der Waals surface area (Å²) in [6.45, 7) is 3.42. The SMILES string of the molecule is Cc1ccc(Nc2cc3nc4ccccc4n(-c4ccc(Cl)c(Cl)c4)c-3cc2=NC2CCOCC2)cn1. The zero-order valence-electron chi connectivity index (χ0n) is 20.3. The van der Waals surface area contributed by atoms with Gasteiger partial charge in [-0.25, -0.2) is 4.98 Å². The van der Waals surface area contributed by atoms with E-state index >= 15 is 0 Å². The highest BCUT2D eigenvalue weighted by Gasteiger charge is 2.19. The molecule has 1 aliphatic carbocycles. The van der Waals surface area contributed by atoms with Crippen molar-refractivity contribution in [1.82, 2.24) is 14.5 Å². The van der Waals surface area contributed by atoms with Gasteiger partial charge >= 0.3 is 0 Å². The standard InChI is InChI=1S/C29H25Cl2N5O/c1-18-6-7-20(17-32-18)34-25-15-27-29(16-26(25)33-19-10-12-37-13-11-19)36(21-8-9-22(30)23(31)14-21)28-5-3-2-4-24(28)35-27/h2-9,14-17,19,34H,10-13H2,1H3. The van der Waals surface area contributed by atoms with E-state index in [1.54, 1.807) is 0 Å². The van der Waals surface area contributed by atoms with E-state index in [0.29, 0.717) is 10.0 Å². The van der Waals surface area contributed by atoms with Crippen LogP contribution in [-0.2, 0) is 4.74 Å². The van der Waals surface area contributed by atoms with Gasteiger partial charge in [-0.3, -0.25) is 9.98 Å². The van der Waals surface area contributed by atoms with Crippen molar-refractivity contribution in [3.8, 4) is 17.1 Å². The Morgan fingerprint density at radius 3 is 2.59 bits per heavy atom. The molecule has 3 heterocycles. The van der Waals surface area contributed by atoms with Crippen molar-refractivity contribution in [2.45, 2.75) is 25.8 Å². The summed E-state index contributed by atoms with van der Waals surface area (Å²) in [4.78, 5) is 14.6. The molecule has 0 radical (unpaired) electrons. The Hall–Kier alpha value is -3.45. The van der Waals surface area contributed by atoms with Crippen LogP contribution in [0.25, 0.3) is 28.1 Å². The minimum atomic E-state index is 0.190. The van der Waals surface area contributed by atoms with Crippen LogP contribution in [0, 0.1) is 6.92 Å². The monoisotopic (exact) mass is 529 g/mol. The Morgan fingerprint density at radius 2 is 1.81 bits per heavy atom. The molecule has 186 valence electrons. The summed E-state index contributed by atoms with van der Waals surface area (Å²) < 4.78 is 7.74. The highest BCUT2D eigenvalue weighted by molar-refractivity contribution is 6.42. The number of fused-ring (bicyclic) bond motifs is 2. The molecule has 0 unspecified atom stereocenters. The van der Waals surface area contributed by atoms with E-state index in [4.69, 9.17) is 37.9 Å². The summed E-state index contributed by atoms with van der Waals surface area (Å²) in [5.41, 5.74) is 7.24. The lowest BCUT2D eigenvalue weighted by atomic mass is 10.1. The number of nitrogens with one attached hydrogen (secondary N) is 1. The fourth-order valence-corrected chi connectivity index (χ4v) is 4.95. The lowest BCUT2D eigenvalue weighted by Gasteiger charge is -2.22. The second-order valence-electron chi connectivity index (χ2n) is 9.18. The maximum Gasteiger partial charge on any atom is 0.0900 e.